The molecule has 1 N–H and O–H groups in total. The van der Waals surface area contributed by atoms with Gasteiger partial charge in [0, 0.05) is 40.4 Å². The Morgan fingerprint density at radius 3 is 2.74 bits per heavy atom. The molecular formula is C21H32N4O2. The molecular weight excluding hydrogens is 340 g/mol. The summed E-state index contributed by atoms with van der Waals surface area (Å²) in [5.74, 6) is 2.16. The zero-order valence-corrected chi connectivity index (χ0v) is 16.7. The molecule has 3 unspecified atom stereocenters. The molecule has 3 atom stereocenters. The van der Waals surface area contributed by atoms with Crippen molar-refractivity contribution in [2.75, 3.05) is 46.9 Å². The summed E-state index contributed by atoms with van der Waals surface area (Å²) in [6.07, 6.45) is 2.33. The zero-order chi connectivity index (χ0) is 19.2. The number of amides is 1. The largest absolute Gasteiger partial charge is 0.381 e. The molecule has 0 spiro atoms. The Labute approximate surface area is 162 Å². The third-order valence-corrected chi connectivity index (χ3v) is 5.66. The fraction of sp³-hybridized carbons (Fsp3) is 0.619. The van der Waals surface area contributed by atoms with Crippen molar-refractivity contribution in [1.82, 2.24) is 15.1 Å². The fourth-order valence-corrected chi connectivity index (χ4v) is 3.83. The van der Waals surface area contributed by atoms with Crippen LogP contribution in [0.4, 0.5) is 0 Å². The molecule has 0 aliphatic carbocycles. The zero-order valence-electron chi connectivity index (χ0n) is 16.7. The number of aliphatic imine (C=N–C) groups is 1. The molecule has 1 amide bonds. The standard InChI is InChI=1S/C21H32N4O2/c1-16(17-7-5-4-6-8-17)23-21(22-13-20(26)24(2)3)25-11-9-18(14-25)19-10-12-27-15-19/h4-8,16,18-19H,9-15H2,1-3H3,(H,22,23). The number of hydrogen-bond donors (Lipinski definition) is 1. The highest BCUT2D eigenvalue weighted by atomic mass is 16.5. The number of nitrogens with one attached hydrogen (secondary N) is 1. The molecule has 2 fully saturated rings. The van der Waals surface area contributed by atoms with E-state index in [1.54, 1.807) is 19.0 Å². The van der Waals surface area contributed by atoms with Gasteiger partial charge in [0.15, 0.2) is 5.96 Å². The Bertz CT molecular complexity index is 641. The molecule has 2 aliphatic heterocycles. The SMILES string of the molecule is CC(NC(=NCC(=O)N(C)C)N1CCC(C2CCOC2)C1)c1ccccc1. The number of carbonyl (C=O) groups is 1. The maximum Gasteiger partial charge on any atom is 0.243 e. The van der Waals surface area contributed by atoms with Crippen LogP contribution in [0.3, 0.4) is 0 Å². The summed E-state index contributed by atoms with van der Waals surface area (Å²) in [4.78, 5) is 20.6. The maximum absolute atomic E-state index is 12.0. The van der Waals surface area contributed by atoms with Crippen LogP contribution in [-0.2, 0) is 9.53 Å². The molecule has 1 aromatic carbocycles. The van der Waals surface area contributed by atoms with E-state index < -0.39 is 0 Å². The van der Waals surface area contributed by atoms with Crippen molar-refractivity contribution in [2.24, 2.45) is 16.8 Å². The highest BCUT2D eigenvalue weighted by Crippen LogP contribution is 2.30. The lowest BCUT2D eigenvalue weighted by atomic mass is 9.91. The van der Waals surface area contributed by atoms with Crippen LogP contribution in [0.25, 0.3) is 0 Å². The lowest BCUT2D eigenvalue weighted by molar-refractivity contribution is -0.127. The molecule has 2 aliphatic rings. The molecule has 6 heteroatoms. The predicted octanol–water partition coefficient (Wildman–Crippen LogP) is 2.14. The Balaban J connectivity index is 1.69. The Kier molecular flexibility index (Phi) is 6.72. The first-order valence-corrected chi connectivity index (χ1v) is 9.93. The highest BCUT2D eigenvalue weighted by molar-refractivity contribution is 5.85. The summed E-state index contributed by atoms with van der Waals surface area (Å²) in [6.45, 7) is 6.05. The monoisotopic (exact) mass is 372 g/mol. The fourth-order valence-electron chi connectivity index (χ4n) is 3.83. The Morgan fingerprint density at radius 1 is 1.30 bits per heavy atom. The molecule has 0 aromatic heterocycles. The molecule has 0 saturated carbocycles. The third kappa shape index (κ3) is 5.22. The van der Waals surface area contributed by atoms with E-state index >= 15 is 0 Å². The van der Waals surface area contributed by atoms with Crippen molar-refractivity contribution >= 4 is 11.9 Å². The molecule has 1 aromatic rings. The number of benzene rings is 1. The summed E-state index contributed by atoms with van der Waals surface area (Å²) < 4.78 is 5.58. The minimum atomic E-state index is 0.0154. The number of likely N-dealkylation sites (tertiary alicyclic amines) is 1. The number of guanidine groups is 1. The van der Waals surface area contributed by atoms with Crippen molar-refractivity contribution in [3.05, 3.63) is 35.9 Å². The predicted molar refractivity (Wildman–Crippen MR) is 108 cm³/mol. The minimum absolute atomic E-state index is 0.0154. The molecule has 2 saturated heterocycles. The molecule has 148 valence electrons. The second-order valence-electron chi connectivity index (χ2n) is 7.82. The van der Waals surface area contributed by atoms with Crippen molar-refractivity contribution < 1.29 is 9.53 Å². The number of ether oxygens (including phenoxy) is 1. The number of nitrogens with zero attached hydrogens (tertiary/aromatic N) is 3. The van der Waals surface area contributed by atoms with Gasteiger partial charge in [-0.2, -0.15) is 0 Å². The number of hydrogen-bond acceptors (Lipinski definition) is 3. The molecule has 0 radical (unpaired) electrons. The van der Waals surface area contributed by atoms with Crippen LogP contribution in [0.15, 0.2) is 35.3 Å². The van der Waals surface area contributed by atoms with Crippen molar-refractivity contribution in [2.45, 2.75) is 25.8 Å². The molecule has 2 heterocycles. The lowest BCUT2D eigenvalue weighted by Crippen LogP contribution is -2.42. The topological polar surface area (TPSA) is 57.2 Å². The quantitative estimate of drug-likeness (QED) is 0.636. The smallest absolute Gasteiger partial charge is 0.243 e. The van der Waals surface area contributed by atoms with Crippen molar-refractivity contribution in [1.29, 1.82) is 0 Å². The Morgan fingerprint density at radius 2 is 2.07 bits per heavy atom. The van der Waals surface area contributed by atoms with Gasteiger partial charge in [0.05, 0.1) is 6.04 Å². The summed E-state index contributed by atoms with van der Waals surface area (Å²) in [5, 5.41) is 3.55. The first kappa shape index (κ1) is 19.7. The number of carbonyl (C=O) groups excluding carboxylic acids is 1. The molecule has 6 nitrogen and oxygen atoms in total. The van der Waals surface area contributed by atoms with Crippen LogP contribution >= 0.6 is 0 Å². The second-order valence-corrected chi connectivity index (χ2v) is 7.82. The van der Waals surface area contributed by atoms with Gasteiger partial charge in [-0.25, -0.2) is 4.99 Å². The van der Waals surface area contributed by atoms with E-state index in [2.05, 4.69) is 34.3 Å². The summed E-state index contributed by atoms with van der Waals surface area (Å²) in [6, 6.07) is 10.5. The molecule has 0 bridgehead atoms. The Hall–Kier alpha value is -2.08. The highest BCUT2D eigenvalue weighted by Gasteiger charge is 2.33. The van der Waals surface area contributed by atoms with Gasteiger partial charge in [0.25, 0.3) is 0 Å². The van der Waals surface area contributed by atoms with E-state index in [1.807, 2.05) is 18.2 Å². The summed E-state index contributed by atoms with van der Waals surface area (Å²) in [7, 11) is 3.53. The van der Waals surface area contributed by atoms with Crippen LogP contribution in [0.2, 0.25) is 0 Å². The van der Waals surface area contributed by atoms with Gasteiger partial charge in [-0.3, -0.25) is 4.79 Å². The van der Waals surface area contributed by atoms with E-state index in [1.165, 1.54) is 5.56 Å². The first-order chi connectivity index (χ1) is 13.0. The lowest BCUT2D eigenvalue weighted by Gasteiger charge is -2.26. The average Bonchev–Trinajstić information content (AvgIpc) is 3.36. The van der Waals surface area contributed by atoms with Crippen molar-refractivity contribution in [3.63, 3.8) is 0 Å². The molecule has 3 rings (SSSR count). The van der Waals surface area contributed by atoms with Crippen LogP contribution in [0.1, 0.15) is 31.4 Å². The van der Waals surface area contributed by atoms with Crippen LogP contribution in [0, 0.1) is 11.8 Å². The van der Waals surface area contributed by atoms with Gasteiger partial charge in [-0.15, -0.1) is 0 Å². The molecule has 27 heavy (non-hydrogen) atoms. The number of likely N-dealkylation sites (N-methyl/N-ethyl adjacent to an activating group) is 1. The van der Waals surface area contributed by atoms with Gasteiger partial charge in [0.2, 0.25) is 5.91 Å². The van der Waals surface area contributed by atoms with Gasteiger partial charge in [-0.05, 0) is 37.2 Å². The maximum atomic E-state index is 12.0. The number of rotatable bonds is 5. The third-order valence-electron chi connectivity index (χ3n) is 5.66. The summed E-state index contributed by atoms with van der Waals surface area (Å²) >= 11 is 0. The van der Waals surface area contributed by atoms with Crippen LogP contribution in [-0.4, -0.2) is 68.6 Å². The van der Waals surface area contributed by atoms with E-state index in [9.17, 15) is 4.79 Å². The van der Waals surface area contributed by atoms with Crippen LogP contribution < -0.4 is 5.32 Å². The van der Waals surface area contributed by atoms with Crippen molar-refractivity contribution in [3.8, 4) is 0 Å². The minimum Gasteiger partial charge on any atom is -0.381 e. The van der Waals surface area contributed by atoms with Crippen LogP contribution in [0.5, 0.6) is 0 Å². The average molecular weight is 373 g/mol. The van der Waals surface area contributed by atoms with E-state index in [4.69, 9.17) is 4.74 Å². The van der Waals surface area contributed by atoms with Gasteiger partial charge in [0.1, 0.15) is 6.54 Å². The van der Waals surface area contributed by atoms with E-state index in [0.717, 1.165) is 45.1 Å². The first-order valence-electron chi connectivity index (χ1n) is 9.93. The second kappa shape index (κ2) is 9.22. The van der Waals surface area contributed by atoms with Gasteiger partial charge < -0.3 is 19.9 Å². The van der Waals surface area contributed by atoms with Gasteiger partial charge in [-0.1, -0.05) is 30.3 Å². The van der Waals surface area contributed by atoms with E-state index in [0.29, 0.717) is 11.8 Å². The summed E-state index contributed by atoms with van der Waals surface area (Å²) in [5.41, 5.74) is 1.21. The normalized spacial score (nSPS) is 24.1. The van der Waals surface area contributed by atoms with E-state index in [-0.39, 0.29) is 18.5 Å². The van der Waals surface area contributed by atoms with Gasteiger partial charge >= 0.3 is 0 Å².